The molecule has 21 heavy (non-hydrogen) atoms. The normalized spacial score (nSPS) is 18.0. The van der Waals surface area contributed by atoms with Crippen molar-refractivity contribution in [2.75, 3.05) is 31.9 Å². The maximum Gasteiger partial charge on any atom is 0.242 e. The molecule has 0 unspecified atom stereocenters. The molecule has 0 amide bonds. The van der Waals surface area contributed by atoms with Crippen LogP contribution in [0.25, 0.3) is 0 Å². The molecule has 0 bridgehead atoms. The molecule has 7 heteroatoms. The quantitative estimate of drug-likeness (QED) is 0.806. The van der Waals surface area contributed by atoms with E-state index in [2.05, 4.69) is 16.5 Å². The highest BCUT2D eigenvalue weighted by Crippen LogP contribution is 2.19. The van der Waals surface area contributed by atoms with Crippen LogP contribution in [0.5, 0.6) is 0 Å². The molecule has 1 aliphatic heterocycles. The Kier molecular flexibility index (Phi) is 5.18. The van der Waals surface area contributed by atoms with Crippen LogP contribution >= 0.6 is 0 Å². The number of piperidine rings is 1. The summed E-state index contributed by atoms with van der Waals surface area (Å²) in [4.78, 5) is 2.17. The lowest BCUT2D eigenvalue weighted by Gasteiger charge is -2.30. The maximum absolute atomic E-state index is 13.0. The highest BCUT2D eigenvalue weighted by Gasteiger charge is 2.19. The lowest BCUT2D eigenvalue weighted by Crippen LogP contribution is -2.39. The van der Waals surface area contributed by atoms with Crippen molar-refractivity contribution in [1.82, 2.24) is 9.62 Å². The van der Waals surface area contributed by atoms with Crippen LogP contribution < -0.4 is 10.5 Å². The molecule has 0 spiro atoms. The van der Waals surface area contributed by atoms with Gasteiger partial charge in [-0.15, -0.1) is 0 Å². The number of likely N-dealkylation sites (tertiary alicyclic amines) is 1. The Morgan fingerprint density at radius 1 is 1.38 bits per heavy atom. The number of anilines is 1. The lowest BCUT2D eigenvalue weighted by molar-refractivity contribution is 0.195. The van der Waals surface area contributed by atoms with E-state index in [-0.39, 0.29) is 10.6 Å². The van der Waals surface area contributed by atoms with E-state index in [0.717, 1.165) is 44.0 Å². The van der Waals surface area contributed by atoms with Crippen LogP contribution in [0, 0.1) is 11.7 Å². The van der Waals surface area contributed by atoms with Crippen molar-refractivity contribution in [3.63, 3.8) is 0 Å². The molecular weight excluding hydrogens is 293 g/mol. The summed E-state index contributed by atoms with van der Waals surface area (Å²) >= 11 is 0. The van der Waals surface area contributed by atoms with E-state index in [9.17, 15) is 12.8 Å². The highest BCUT2D eigenvalue weighted by molar-refractivity contribution is 7.89. The van der Waals surface area contributed by atoms with Crippen LogP contribution in [0.1, 0.15) is 19.8 Å². The zero-order valence-corrected chi connectivity index (χ0v) is 13.0. The summed E-state index contributed by atoms with van der Waals surface area (Å²) in [7, 11) is -3.69. The van der Waals surface area contributed by atoms with E-state index >= 15 is 0 Å². The minimum absolute atomic E-state index is 0.0730. The van der Waals surface area contributed by atoms with E-state index in [1.54, 1.807) is 0 Å². The Bertz CT molecular complexity index is 584. The fourth-order valence-electron chi connectivity index (χ4n) is 2.47. The molecule has 118 valence electrons. The van der Waals surface area contributed by atoms with Crippen LogP contribution in [0.15, 0.2) is 23.1 Å². The predicted octanol–water partition coefficient (Wildman–Crippen LogP) is 1.42. The highest BCUT2D eigenvalue weighted by atomic mass is 32.2. The van der Waals surface area contributed by atoms with E-state index in [1.165, 1.54) is 6.07 Å². The topological polar surface area (TPSA) is 75.4 Å². The van der Waals surface area contributed by atoms with E-state index in [1.807, 2.05) is 0 Å². The molecule has 2 rings (SSSR count). The molecule has 0 radical (unpaired) electrons. The van der Waals surface area contributed by atoms with Gasteiger partial charge in [-0.25, -0.2) is 17.5 Å². The number of halogens is 1. The molecule has 1 aromatic rings. The second kappa shape index (κ2) is 6.72. The average Bonchev–Trinajstić information content (AvgIpc) is 2.40. The first-order valence-corrected chi connectivity index (χ1v) is 8.64. The van der Waals surface area contributed by atoms with Crippen LogP contribution in [0.3, 0.4) is 0 Å². The number of nitrogen functional groups attached to an aromatic ring is 1. The summed E-state index contributed by atoms with van der Waals surface area (Å²) in [6, 6.07) is 3.30. The van der Waals surface area contributed by atoms with Crippen LogP contribution in [-0.4, -0.2) is 39.5 Å². The Balaban J connectivity index is 1.89. The van der Waals surface area contributed by atoms with Crippen molar-refractivity contribution >= 4 is 15.7 Å². The van der Waals surface area contributed by atoms with Gasteiger partial charge in [0.25, 0.3) is 0 Å². The van der Waals surface area contributed by atoms with Crippen LogP contribution in [0.4, 0.5) is 10.1 Å². The predicted molar refractivity (Wildman–Crippen MR) is 80.8 cm³/mol. The van der Waals surface area contributed by atoms with Gasteiger partial charge in [-0.1, -0.05) is 6.92 Å². The van der Waals surface area contributed by atoms with Crippen LogP contribution in [-0.2, 0) is 10.0 Å². The maximum atomic E-state index is 13.0. The number of nitrogens with zero attached hydrogens (tertiary/aromatic N) is 1. The second-order valence-electron chi connectivity index (χ2n) is 5.60. The number of hydrogen-bond acceptors (Lipinski definition) is 4. The molecule has 1 saturated heterocycles. The average molecular weight is 315 g/mol. The molecule has 0 aromatic heterocycles. The van der Waals surface area contributed by atoms with E-state index < -0.39 is 15.8 Å². The van der Waals surface area contributed by atoms with E-state index in [0.29, 0.717) is 13.1 Å². The van der Waals surface area contributed by atoms with Gasteiger partial charge in [-0.05, 0) is 50.0 Å². The molecule has 1 fully saturated rings. The summed E-state index contributed by atoms with van der Waals surface area (Å²) in [5.41, 5.74) is 5.49. The van der Waals surface area contributed by atoms with Crippen LogP contribution in [0.2, 0.25) is 0 Å². The second-order valence-corrected chi connectivity index (χ2v) is 7.34. The molecule has 1 aliphatic rings. The number of nitrogens with one attached hydrogen (secondary N) is 1. The summed E-state index contributed by atoms with van der Waals surface area (Å²) in [5, 5.41) is 0. The molecule has 0 saturated carbocycles. The van der Waals surface area contributed by atoms with Crippen molar-refractivity contribution in [3.8, 4) is 0 Å². The Morgan fingerprint density at radius 2 is 2.05 bits per heavy atom. The lowest BCUT2D eigenvalue weighted by atomic mass is 9.99. The van der Waals surface area contributed by atoms with Gasteiger partial charge < -0.3 is 10.6 Å². The molecule has 5 nitrogen and oxygen atoms in total. The summed E-state index contributed by atoms with van der Waals surface area (Å²) < 4.78 is 39.7. The first-order valence-electron chi connectivity index (χ1n) is 7.15. The van der Waals surface area contributed by atoms with Gasteiger partial charge in [0.2, 0.25) is 10.0 Å². The van der Waals surface area contributed by atoms with Crippen molar-refractivity contribution in [1.29, 1.82) is 0 Å². The first kappa shape index (κ1) is 16.2. The molecule has 1 heterocycles. The molecule has 3 N–H and O–H groups in total. The summed E-state index contributed by atoms with van der Waals surface area (Å²) in [6.07, 6.45) is 2.30. The smallest absolute Gasteiger partial charge is 0.242 e. The van der Waals surface area contributed by atoms with Gasteiger partial charge in [-0.2, -0.15) is 0 Å². The Morgan fingerprint density at radius 3 is 2.67 bits per heavy atom. The molecular formula is C14H22FN3O2S. The van der Waals surface area contributed by atoms with Gasteiger partial charge in [0.15, 0.2) is 0 Å². The van der Waals surface area contributed by atoms with Crippen molar-refractivity contribution in [3.05, 3.63) is 24.0 Å². The standard InChI is InChI=1S/C14H22FN3O2S/c1-11-4-7-18(8-5-11)9-6-17-21(19,20)14-3-2-12(15)10-13(14)16/h2-3,10-11,17H,4-9,16H2,1H3. The zero-order valence-electron chi connectivity index (χ0n) is 12.2. The number of hydrogen-bond donors (Lipinski definition) is 2. The van der Waals surface area contributed by atoms with E-state index in [4.69, 9.17) is 5.73 Å². The minimum Gasteiger partial charge on any atom is -0.398 e. The third-order valence-corrected chi connectivity index (χ3v) is 5.39. The van der Waals surface area contributed by atoms with Gasteiger partial charge >= 0.3 is 0 Å². The summed E-state index contributed by atoms with van der Waals surface area (Å²) in [5.74, 6) is 0.200. The molecule has 0 atom stereocenters. The number of benzene rings is 1. The zero-order chi connectivity index (χ0) is 15.5. The fraction of sp³-hybridized carbons (Fsp3) is 0.571. The fourth-order valence-corrected chi connectivity index (χ4v) is 3.60. The van der Waals surface area contributed by atoms with Gasteiger partial charge in [0.1, 0.15) is 10.7 Å². The minimum atomic E-state index is -3.69. The molecule has 1 aromatic carbocycles. The van der Waals surface area contributed by atoms with Gasteiger partial charge in [-0.3, -0.25) is 0 Å². The van der Waals surface area contributed by atoms with Crippen molar-refractivity contribution < 1.29 is 12.8 Å². The number of nitrogens with two attached hydrogens (primary N) is 1. The third-order valence-electron chi connectivity index (χ3n) is 3.86. The van der Waals surface area contributed by atoms with Crippen molar-refractivity contribution in [2.45, 2.75) is 24.7 Å². The largest absolute Gasteiger partial charge is 0.398 e. The van der Waals surface area contributed by atoms with Gasteiger partial charge in [0.05, 0.1) is 5.69 Å². The molecule has 0 aliphatic carbocycles. The first-order chi connectivity index (χ1) is 9.88. The third kappa shape index (κ3) is 4.39. The SMILES string of the molecule is CC1CCN(CCNS(=O)(=O)c2ccc(F)cc2N)CC1. The summed E-state index contributed by atoms with van der Waals surface area (Å²) in [6.45, 7) is 5.24. The Hall–Kier alpha value is -1.18. The number of rotatable bonds is 5. The Labute approximate surface area is 125 Å². The monoisotopic (exact) mass is 315 g/mol. The number of sulfonamides is 1. The van der Waals surface area contributed by atoms with Gasteiger partial charge in [0, 0.05) is 13.1 Å². The van der Waals surface area contributed by atoms with Crippen molar-refractivity contribution in [2.24, 2.45) is 5.92 Å².